The van der Waals surface area contributed by atoms with Crippen LogP contribution in [0.3, 0.4) is 0 Å². The van der Waals surface area contributed by atoms with Crippen molar-refractivity contribution in [2.45, 2.75) is 37.9 Å². The second-order valence-corrected chi connectivity index (χ2v) is 8.25. The topological polar surface area (TPSA) is 83.1 Å². The molecule has 6 heteroatoms. The number of hydrogen-bond donors (Lipinski definition) is 3. The molecule has 0 saturated heterocycles. The second-order valence-electron chi connectivity index (χ2n) is 8.25. The summed E-state index contributed by atoms with van der Waals surface area (Å²) < 4.78 is 0. The molecule has 3 fully saturated rings. The summed E-state index contributed by atoms with van der Waals surface area (Å²) in [5, 5.41) is 9.96. The van der Waals surface area contributed by atoms with Gasteiger partial charge in [0.15, 0.2) is 0 Å². The van der Waals surface area contributed by atoms with E-state index in [4.69, 9.17) is 0 Å². The van der Waals surface area contributed by atoms with E-state index in [1.54, 1.807) is 12.4 Å². The summed E-state index contributed by atoms with van der Waals surface area (Å²) in [4.78, 5) is 29.5. The van der Waals surface area contributed by atoms with Gasteiger partial charge in [0.25, 0.3) is 5.91 Å². The summed E-state index contributed by atoms with van der Waals surface area (Å²) in [6, 6.07) is 11.5. The SMILES string of the molecule is O=C1N[C@@]2(CC3CCC2CC3C(=O)NCc2ccncc2)Nc2ccccc21. The van der Waals surface area contributed by atoms with Crippen molar-refractivity contribution in [1.29, 1.82) is 0 Å². The van der Waals surface area contributed by atoms with E-state index < -0.39 is 5.66 Å². The van der Waals surface area contributed by atoms with Crippen LogP contribution in [0, 0.1) is 17.8 Å². The van der Waals surface area contributed by atoms with Gasteiger partial charge in [0, 0.05) is 36.5 Å². The quantitative estimate of drug-likeness (QED) is 0.769. The van der Waals surface area contributed by atoms with E-state index in [0.29, 0.717) is 12.1 Å². The van der Waals surface area contributed by atoms with Gasteiger partial charge in [-0.1, -0.05) is 12.1 Å². The number of aromatic nitrogens is 1. The zero-order valence-corrected chi connectivity index (χ0v) is 15.7. The van der Waals surface area contributed by atoms with E-state index in [2.05, 4.69) is 20.9 Å². The van der Waals surface area contributed by atoms with Gasteiger partial charge >= 0.3 is 0 Å². The molecule has 3 N–H and O–H groups in total. The predicted molar refractivity (Wildman–Crippen MR) is 105 cm³/mol. The third-order valence-electron chi connectivity index (χ3n) is 6.69. The molecule has 1 spiro atoms. The molecule has 1 aromatic heterocycles. The fourth-order valence-corrected chi connectivity index (χ4v) is 5.29. The summed E-state index contributed by atoms with van der Waals surface area (Å²) in [6.07, 6.45) is 7.16. The van der Waals surface area contributed by atoms with Crippen molar-refractivity contribution in [1.82, 2.24) is 15.6 Å². The van der Waals surface area contributed by atoms with Gasteiger partial charge < -0.3 is 16.0 Å². The Bertz CT molecular complexity index is 916. The maximum atomic E-state index is 12.9. The molecule has 2 aromatic rings. The van der Waals surface area contributed by atoms with E-state index in [1.807, 2.05) is 36.4 Å². The largest absolute Gasteiger partial charge is 0.362 e. The summed E-state index contributed by atoms with van der Waals surface area (Å²) >= 11 is 0. The number of carbonyl (C=O) groups excluding carboxylic acids is 2. The fourth-order valence-electron chi connectivity index (χ4n) is 5.29. The van der Waals surface area contributed by atoms with E-state index in [-0.39, 0.29) is 29.6 Å². The molecular formula is C22H24N4O2. The number of benzene rings is 1. The highest BCUT2D eigenvalue weighted by molar-refractivity contribution is 6.02. The number of pyridine rings is 1. The van der Waals surface area contributed by atoms with Crippen molar-refractivity contribution in [3.8, 4) is 0 Å². The molecule has 3 saturated carbocycles. The first-order chi connectivity index (χ1) is 13.6. The highest BCUT2D eigenvalue weighted by Gasteiger charge is 2.55. The molecule has 4 atom stereocenters. The smallest absolute Gasteiger partial charge is 0.255 e. The lowest BCUT2D eigenvalue weighted by Gasteiger charge is -2.56. The number of carbonyl (C=O) groups is 2. The van der Waals surface area contributed by atoms with Crippen LogP contribution in [0.4, 0.5) is 5.69 Å². The molecule has 1 aliphatic heterocycles. The molecule has 28 heavy (non-hydrogen) atoms. The zero-order chi connectivity index (χ0) is 19.1. The predicted octanol–water partition coefficient (Wildman–Crippen LogP) is 2.69. The Labute approximate surface area is 164 Å². The van der Waals surface area contributed by atoms with Gasteiger partial charge in [-0.05, 0) is 61.4 Å². The monoisotopic (exact) mass is 376 g/mol. The number of anilines is 1. The van der Waals surface area contributed by atoms with E-state index in [0.717, 1.165) is 36.9 Å². The Balaban J connectivity index is 1.30. The van der Waals surface area contributed by atoms with Crippen LogP contribution in [0.25, 0.3) is 0 Å². The number of amides is 2. The third-order valence-corrected chi connectivity index (χ3v) is 6.69. The number of rotatable bonds is 3. The van der Waals surface area contributed by atoms with Gasteiger partial charge in [-0.25, -0.2) is 0 Å². The lowest BCUT2D eigenvalue weighted by Crippen LogP contribution is -2.68. The minimum Gasteiger partial charge on any atom is -0.362 e. The van der Waals surface area contributed by atoms with E-state index in [1.165, 1.54) is 0 Å². The maximum Gasteiger partial charge on any atom is 0.255 e. The van der Waals surface area contributed by atoms with Gasteiger partial charge in [-0.3, -0.25) is 14.6 Å². The van der Waals surface area contributed by atoms with Crippen molar-refractivity contribution >= 4 is 17.5 Å². The van der Waals surface area contributed by atoms with Crippen LogP contribution in [0.2, 0.25) is 0 Å². The normalized spacial score (nSPS) is 30.3. The molecule has 4 aliphatic rings. The van der Waals surface area contributed by atoms with Gasteiger partial charge in [0.2, 0.25) is 5.91 Å². The van der Waals surface area contributed by atoms with Gasteiger partial charge in [-0.2, -0.15) is 0 Å². The third kappa shape index (κ3) is 2.84. The number of hydrogen-bond acceptors (Lipinski definition) is 4. The van der Waals surface area contributed by atoms with Crippen LogP contribution in [-0.4, -0.2) is 22.5 Å². The highest BCUT2D eigenvalue weighted by Crippen LogP contribution is 2.51. The van der Waals surface area contributed by atoms with Crippen molar-refractivity contribution in [3.05, 3.63) is 59.9 Å². The molecule has 0 radical (unpaired) electrons. The van der Waals surface area contributed by atoms with Crippen molar-refractivity contribution < 1.29 is 9.59 Å². The average Bonchev–Trinajstić information content (AvgIpc) is 2.73. The molecule has 2 heterocycles. The number of para-hydroxylation sites is 1. The van der Waals surface area contributed by atoms with Gasteiger partial charge in [0.1, 0.15) is 5.66 Å². The van der Waals surface area contributed by atoms with Crippen molar-refractivity contribution in [3.63, 3.8) is 0 Å². The Morgan fingerprint density at radius 1 is 1.14 bits per heavy atom. The summed E-state index contributed by atoms with van der Waals surface area (Å²) in [5.41, 5.74) is 2.23. The summed E-state index contributed by atoms with van der Waals surface area (Å²) in [6.45, 7) is 0.531. The molecule has 2 bridgehead atoms. The molecule has 144 valence electrons. The average molecular weight is 376 g/mol. The first kappa shape index (κ1) is 17.2. The van der Waals surface area contributed by atoms with Crippen LogP contribution in [0.1, 0.15) is 41.6 Å². The first-order valence-corrected chi connectivity index (χ1v) is 10.0. The highest BCUT2D eigenvalue weighted by atomic mass is 16.2. The Hall–Kier alpha value is -2.89. The molecule has 6 rings (SSSR count). The van der Waals surface area contributed by atoms with Crippen LogP contribution in [-0.2, 0) is 11.3 Å². The fraction of sp³-hybridized carbons (Fsp3) is 0.409. The van der Waals surface area contributed by atoms with E-state index >= 15 is 0 Å². The lowest BCUT2D eigenvalue weighted by molar-refractivity contribution is -0.132. The number of nitrogens with one attached hydrogen (secondary N) is 3. The maximum absolute atomic E-state index is 12.9. The van der Waals surface area contributed by atoms with Crippen LogP contribution >= 0.6 is 0 Å². The van der Waals surface area contributed by atoms with Crippen LogP contribution in [0.15, 0.2) is 48.8 Å². The van der Waals surface area contributed by atoms with Crippen LogP contribution in [0.5, 0.6) is 0 Å². The summed E-state index contributed by atoms with van der Waals surface area (Å²) in [5.74, 6) is 0.665. The van der Waals surface area contributed by atoms with Crippen molar-refractivity contribution in [2.75, 3.05) is 5.32 Å². The van der Waals surface area contributed by atoms with Gasteiger partial charge in [0.05, 0.1) is 5.56 Å². The number of fused-ring (bicyclic) bond motifs is 3. The van der Waals surface area contributed by atoms with Crippen molar-refractivity contribution in [2.24, 2.45) is 17.8 Å². The summed E-state index contributed by atoms with van der Waals surface area (Å²) in [7, 11) is 0. The Kier molecular flexibility index (Phi) is 4.07. The molecule has 2 amide bonds. The number of nitrogens with zero attached hydrogens (tertiary/aromatic N) is 1. The first-order valence-electron chi connectivity index (χ1n) is 10.0. The molecule has 3 unspecified atom stereocenters. The zero-order valence-electron chi connectivity index (χ0n) is 15.7. The van der Waals surface area contributed by atoms with Crippen LogP contribution < -0.4 is 16.0 Å². The minimum absolute atomic E-state index is 0.0133. The standard InChI is InChI=1S/C22H24N4O2/c27-20(24-13-14-7-9-23-10-8-14)18-11-16-6-5-15(18)12-22(16)25-19-4-2-1-3-17(19)21(28)26-22/h1-4,7-10,15-16,18,25H,5-6,11-13H2,(H,24,27)(H,26,28)/t15?,16?,18?,22-/m1/s1. The second kappa shape index (κ2) is 6.62. The van der Waals surface area contributed by atoms with Gasteiger partial charge in [-0.15, -0.1) is 0 Å². The Morgan fingerprint density at radius 2 is 1.96 bits per heavy atom. The molecule has 1 aromatic carbocycles. The minimum atomic E-state index is -0.420. The Morgan fingerprint density at radius 3 is 2.75 bits per heavy atom. The molecular weight excluding hydrogens is 352 g/mol. The van der Waals surface area contributed by atoms with E-state index in [9.17, 15) is 9.59 Å². The molecule has 3 aliphatic carbocycles. The lowest BCUT2D eigenvalue weighted by atomic mass is 9.58. The molecule has 6 nitrogen and oxygen atoms in total.